The molecule has 17 heavy (non-hydrogen) atoms. The molecule has 1 aliphatic rings. The summed E-state index contributed by atoms with van der Waals surface area (Å²) in [6.45, 7) is 1.48. The van der Waals surface area contributed by atoms with Gasteiger partial charge in [-0.1, -0.05) is 18.2 Å². The van der Waals surface area contributed by atoms with Crippen LogP contribution in [0.15, 0.2) is 35.2 Å². The van der Waals surface area contributed by atoms with Crippen LogP contribution in [0.1, 0.15) is 19.3 Å². The van der Waals surface area contributed by atoms with Crippen molar-refractivity contribution in [3.05, 3.63) is 30.3 Å². The minimum absolute atomic E-state index is 0.139. The Bertz CT molecular complexity index is 379. The van der Waals surface area contributed by atoms with Gasteiger partial charge in [-0.05, 0) is 37.1 Å². The van der Waals surface area contributed by atoms with Crippen molar-refractivity contribution in [1.29, 1.82) is 5.26 Å². The van der Waals surface area contributed by atoms with Crippen LogP contribution in [0.2, 0.25) is 0 Å². The van der Waals surface area contributed by atoms with E-state index >= 15 is 0 Å². The summed E-state index contributed by atoms with van der Waals surface area (Å²) in [5, 5.41) is 9.32. The highest BCUT2D eigenvalue weighted by atomic mass is 32.2. The Morgan fingerprint density at radius 3 is 2.59 bits per heavy atom. The number of benzene rings is 1. The van der Waals surface area contributed by atoms with Crippen LogP contribution in [0.4, 0.5) is 0 Å². The Hall–Kier alpha value is -0.980. The highest BCUT2D eigenvalue weighted by molar-refractivity contribution is 7.99. The average molecular weight is 247 g/mol. The van der Waals surface area contributed by atoms with Gasteiger partial charge in [-0.15, -0.1) is 11.8 Å². The van der Waals surface area contributed by atoms with E-state index in [1.165, 1.54) is 4.90 Å². The molecule has 0 spiro atoms. The molecule has 3 heteroatoms. The maximum absolute atomic E-state index is 9.32. The summed E-state index contributed by atoms with van der Waals surface area (Å²) in [4.78, 5) is 1.28. The van der Waals surface area contributed by atoms with Gasteiger partial charge < -0.3 is 4.74 Å². The number of hydrogen-bond donors (Lipinski definition) is 0. The molecule has 0 N–H and O–H groups in total. The van der Waals surface area contributed by atoms with E-state index in [0.29, 0.717) is 0 Å². The lowest BCUT2D eigenvalue weighted by atomic mass is 9.79. The first-order valence-corrected chi connectivity index (χ1v) is 7.00. The first-order chi connectivity index (χ1) is 8.35. The van der Waals surface area contributed by atoms with Gasteiger partial charge in [0.25, 0.3) is 0 Å². The second-order valence-electron chi connectivity index (χ2n) is 4.42. The molecule has 0 bridgehead atoms. The van der Waals surface area contributed by atoms with Crippen molar-refractivity contribution in [3.8, 4) is 6.07 Å². The van der Waals surface area contributed by atoms with Crippen LogP contribution in [0, 0.1) is 16.7 Å². The van der Waals surface area contributed by atoms with Crippen LogP contribution < -0.4 is 0 Å². The lowest BCUT2D eigenvalue weighted by Crippen LogP contribution is -2.28. The van der Waals surface area contributed by atoms with Crippen molar-refractivity contribution in [1.82, 2.24) is 0 Å². The van der Waals surface area contributed by atoms with Gasteiger partial charge in [-0.2, -0.15) is 5.26 Å². The zero-order chi connectivity index (χ0) is 12.0. The molecule has 1 aromatic rings. The minimum Gasteiger partial charge on any atom is -0.381 e. The minimum atomic E-state index is -0.139. The summed E-state index contributed by atoms with van der Waals surface area (Å²) in [5.41, 5.74) is -0.139. The Morgan fingerprint density at radius 1 is 1.24 bits per heavy atom. The number of thioether (sulfide) groups is 1. The number of hydrogen-bond acceptors (Lipinski definition) is 3. The first kappa shape index (κ1) is 12.5. The molecule has 1 aliphatic heterocycles. The summed E-state index contributed by atoms with van der Waals surface area (Å²) < 4.78 is 5.33. The van der Waals surface area contributed by atoms with Gasteiger partial charge in [0.05, 0.1) is 11.5 Å². The molecular formula is C14H17NOS. The van der Waals surface area contributed by atoms with Crippen molar-refractivity contribution < 1.29 is 4.74 Å². The van der Waals surface area contributed by atoms with Gasteiger partial charge in [-0.25, -0.2) is 0 Å². The van der Waals surface area contributed by atoms with E-state index in [2.05, 4.69) is 30.3 Å². The molecule has 1 aromatic carbocycles. The number of nitrogens with zero attached hydrogens (tertiary/aromatic N) is 1. The third-order valence-electron chi connectivity index (χ3n) is 3.28. The van der Waals surface area contributed by atoms with E-state index in [9.17, 15) is 5.26 Å². The predicted molar refractivity (Wildman–Crippen MR) is 69.9 cm³/mol. The molecule has 1 fully saturated rings. The maximum Gasteiger partial charge on any atom is 0.0691 e. The first-order valence-electron chi connectivity index (χ1n) is 6.02. The van der Waals surface area contributed by atoms with E-state index < -0.39 is 0 Å². The van der Waals surface area contributed by atoms with Crippen LogP contribution in [-0.2, 0) is 4.74 Å². The van der Waals surface area contributed by atoms with E-state index in [0.717, 1.165) is 38.2 Å². The molecule has 0 aromatic heterocycles. The molecule has 2 nitrogen and oxygen atoms in total. The summed E-state index contributed by atoms with van der Waals surface area (Å²) >= 11 is 1.84. The van der Waals surface area contributed by atoms with Crippen molar-refractivity contribution in [3.63, 3.8) is 0 Å². The molecule has 0 unspecified atom stereocenters. The topological polar surface area (TPSA) is 33.0 Å². The van der Waals surface area contributed by atoms with E-state index in [1.54, 1.807) is 0 Å². The molecule has 0 saturated carbocycles. The summed E-state index contributed by atoms with van der Waals surface area (Å²) in [6, 6.07) is 12.9. The standard InChI is InChI=1S/C14H17NOS/c15-12-14(6-9-16-10-7-14)8-11-17-13-4-2-1-3-5-13/h1-5H,6-11H2. The van der Waals surface area contributed by atoms with Crippen LogP contribution in [0.5, 0.6) is 0 Å². The fourth-order valence-electron chi connectivity index (χ4n) is 2.06. The van der Waals surface area contributed by atoms with Crippen molar-refractivity contribution in [2.45, 2.75) is 24.2 Å². The molecule has 0 amide bonds. The Kier molecular flexibility index (Phi) is 4.47. The van der Waals surface area contributed by atoms with Gasteiger partial charge in [0.2, 0.25) is 0 Å². The molecule has 90 valence electrons. The fourth-order valence-corrected chi connectivity index (χ4v) is 3.14. The quantitative estimate of drug-likeness (QED) is 0.764. The van der Waals surface area contributed by atoms with Gasteiger partial charge in [0.1, 0.15) is 0 Å². The molecule has 0 aliphatic carbocycles. The van der Waals surface area contributed by atoms with E-state index in [4.69, 9.17) is 4.74 Å². The highest BCUT2D eigenvalue weighted by Gasteiger charge is 2.31. The zero-order valence-corrected chi connectivity index (χ0v) is 10.7. The lowest BCUT2D eigenvalue weighted by molar-refractivity contribution is 0.0394. The Morgan fingerprint density at radius 2 is 1.94 bits per heavy atom. The molecule has 1 saturated heterocycles. The average Bonchev–Trinajstić information content (AvgIpc) is 2.41. The molecule has 2 rings (SSSR count). The third kappa shape index (κ3) is 3.49. The molecule has 0 atom stereocenters. The Balaban J connectivity index is 1.83. The van der Waals surface area contributed by atoms with Crippen LogP contribution >= 0.6 is 11.8 Å². The molecule has 0 radical (unpaired) electrons. The van der Waals surface area contributed by atoms with Gasteiger partial charge in [0.15, 0.2) is 0 Å². The lowest BCUT2D eigenvalue weighted by Gasteiger charge is -2.30. The second-order valence-corrected chi connectivity index (χ2v) is 5.58. The second kappa shape index (κ2) is 6.09. The monoisotopic (exact) mass is 247 g/mol. The summed E-state index contributed by atoms with van der Waals surface area (Å²) in [6.07, 6.45) is 2.74. The third-order valence-corrected chi connectivity index (χ3v) is 4.29. The Labute approximate surface area is 107 Å². The fraction of sp³-hybridized carbons (Fsp3) is 0.500. The van der Waals surface area contributed by atoms with Gasteiger partial charge >= 0.3 is 0 Å². The normalized spacial score (nSPS) is 18.5. The maximum atomic E-state index is 9.32. The predicted octanol–water partition coefficient (Wildman–Crippen LogP) is 3.49. The SMILES string of the molecule is N#CC1(CCSc2ccccc2)CCOCC1. The van der Waals surface area contributed by atoms with Crippen LogP contribution in [0.25, 0.3) is 0 Å². The largest absolute Gasteiger partial charge is 0.381 e. The molecular weight excluding hydrogens is 230 g/mol. The van der Waals surface area contributed by atoms with Gasteiger partial charge in [0, 0.05) is 18.1 Å². The summed E-state index contributed by atoms with van der Waals surface area (Å²) in [5.74, 6) is 1.01. The van der Waals surface area contributed by atoms with Crippen LogP contribution in [-0.4, -0.2) is 19.0 Å². The van der Waals surface area contributed by atoms with Crippen molar-refractivity contribution in [2.75, 3.05) is 19.0 Å². The molecule has 1 heterocycles. The highest BCUT2D eigenvalue weighted by Crippen LogP contribution is 2.35. The number of nitriles is 1. The van der Waals surface area contributed by atoms with E-state index in [-0.39, 0.29) is 5.41 Å². The van der Waals surface area contributed by atoms with Crippen LogP contribution in [0.3, 0.4) is 0 Å². The summed E-state index contributed by atoms with van der Waals surface area (Å²) in [7, 11) is 0. The van der Waals surface area contributed by atoms with Crippen molar-refractivity contribution >= 4 is 11.8 Å². The van der Waals surface area contributed by atoms with Gasteiger partial charge in [-0.3, -0.25) is 0 Å². The number of ether oxygens (including phenoxy) is 1. The smallest absolute Gasteiger partial charge is 0.0691 e. The van der Waals surface area contributed by atoms with E-state index in [1.807, 2.05) is 17.8 Å². The van der Waals surface area contributed by atoms with Crippen molar-refractivity contribution in [2.24, 2.45) is 5.41 Å². The zero-order valence-electron chi connectivity index (χ0n) is 9.89. The number of rotatable bonds is 4.